The van der Waals surface area contributed by atoms with Crippen molar-refractivity contribution in [3.05, 3.63) is 23.8 Å². The molecule has 1 aromatic rings. The van der Waals surface area contributed by atoms with Crippen molar-refractivity contribution in [2.75, 3.05) is 31.3 Å². The summed E-state index contributed by atoms with van der Waals surface area (Å²) in [6, 6.07) is 5.41. The minimum Gasteiger partial charge on any atom is -0.486 e. The Kier molecular flexibility index (Phi) is 5.47. The van der Waals surface area contributed by atoms with Crippen LogP contribution in [0.3, 0.4) is 0 Å². The van der Waals surface area contributed by atoms with Crippen molar-refractivity contribution in [1.29, 1.82) is 0 Å². The number of hydrogen-bond acceptors (Lipinski definition) is 5. The van der Waals surface area contributed by atoms with Crippen LogP contribution in [0, 0.1) is 0 Å². The first-order chi connectivity index (χ1) is 10.1. The highest BCUT2D eigenvalue weighted by Gasteiger charge is 2.21. The van der Waals surface area contributed by atoms with E-state index in [1.807, 2.05) is 32.0 Å². The van der Waals surface area contributed by atoms with Crippen LogP contribution >= 0.6 is 0 Å². The predicted molar refractivity (Wildman–Crippen MR) is 82.8 cm³/mol. The van der Waals surface area contributed by atoms with Crippen molar-refractivity contribution in [3.8, 4) is 11.5 Å². The van der Waals surface area contributed by atoms with Gasteiger partial charge in [-0.2, -0.15) is 0 Å². The molecule has 0 bridgehead atoms. The van der Waals surface area contributed by atoms with Crippen LogP contribution in [0.4, 0.5) is 0 Å². The molecule has 0 amide bonds. The van der Waals surface area contributed by atoms with Gasteiger partial charge in [-0.05, 0) is 30.7 Å². The summed E-state index contributed by atoms with van der Waals surface area (Å²) in [5.41, 5.74) is 0.917. The summed E-state index contributed by atoms with van der Waals surface area (Å²) in [6.07, 6.45) is 0.641. The van der Waals surface area contributed by atoms with Crippen LogP contribution in [0.2, 0.25) is 0 Å². The first kappa shape index (κ1) is 16.1. The molecule has 5 nitrogen and oxygen atoms in total. The van der Waals surface area contributed by atoms with E-state index in [4.69, 9.17) is 9.47 Å². The van der Waals surface area contributed by atoms with E-state index in [1.54, 1.807) is 0 Å². The van der Waals surface area contributed by atoms with Gasteiger partial charge in [0.1, 0.15) is 13.2 Å². The lowest BCUT2D eigenvalue weighted by Gasteiger charge is -2.22. The van der Waals surface area contributed by atoms with Gasteiger partial charge in [0.2, 0.25) is 0 Å². The third kappa shape index (κ3) is 4.35. The van der Waals surface area contributed by atoms with Gasteiger partial charge >= 0.3 is 0 Å². The van der Waals surface area contributed by atoms with Crippen LogP contribution in [-0.2, 0) is 9.84 Å². The van der Waals surface area contributed by atoms with Crippen LogP contribution in [0.5, 0.6) is 11.5 Å². The van der Waals surface area contributed by atoms with E-state index < -0.39 is 9.84 Å². The molecule has 0 fully saturated rings. The summed E-state index contributed by atoms with van der Waals surface area (Å²) in [5.74, 6) is 1.74. The highest BCUT2D eigenvalue weighted by Crippen LogP contribution is 2.33. The molecule has 0 radical (unpaired) electrons. The maximum absolute atomic E-state index is 12.1. The molecule has 0 spiro atoms. The molecule has 1 aromatic carbocycles. The molecule has 1 heterocycles. The minimum absolute atomic E-state index is 0.105. The molecule has 0 saturated carbocycles. The van der Waals surface area contributed by atoms with Gasteiger partial charge < -0.3 is 14.8 Å². The Hall–Kier alpha value is -1.27. The molecule has 21 heavy (non-hydrogen) atoms. The number of benzene rings is 1. The minimum atomic E-state index is -3.06. The Morgan fingerprint density at radius 2 is 1.90 bits per heavy atom. The summed E-state index contributed by atoms with van der Waals surface area (Å²) in [5, 5.41) is 3.24. The molecule has 118 valence electrons. The molecule has 1 N–H and O–H groups in total. The van der Waals surface area contributed by atoms with Crippen molar-refractivity contribution in [3.63, 3.8) is 0 Å². The molecular weight excluding hydrogens is 290 g/mol. The fraction of sp³-hybridized carbons (Fsp3) is 0.600. The Morgan fingerprint density at radius 1 is 1.19 bits per heavy atom. The SMILES string of the molecule is CCCS(=O)(=O)CC(NCC)c1ccc2c(c1)OCCO2. The van der Waals surface area contributed by atoms with E-state index in [2.05, 4.69) is 5.32 Å². The summed E-state index contributed by atoms with van der Waals surface area (Å²) in [6.45, 7) is 5.63. The zero-order chi connectivity index (χ0) is 15.3. The van der Waals surface area contributed by atoms with E-state index >= 15 is 0 Å². The molecule has 1 atom stereocenters. The number of nitrogens with one attached hydrogen (secondary N) is 1. The second-order valence-electron chi connectivity index (χ2n) is 5.13. The predicted octanol–water partition coefficient (Wildman–Crippen LogP) is 1.93. The normalized spacial score (nSPS) is 15.7. The van der Waals surface area contributed by atoms with Crippen molar-refractivity contribution in [1.82, 2.24) is 5.32 Å². The number of rotatable bonds is 7. The zero-order valence-electron chi connectivity index (χ0n) is 12.6. The molecule has 1 aliphatic rings. The number of hydrogen-bond donors (Lipinski definition) is 1. The lowest BCUT2D eigenvalue weighted by Crippen LogP contribution is -2.29. The maximum Gasteiger partial charge on any atom is 0.161 e. The van der Waals surface area contributed by atoms with Crippen LogP contribution < -0.4 is 14.8 Å². The average molecular weight is 313 g/mol. The lowest BCUT2D eigenvalue weighted by molar-refractivity contribution is 0.171. The smallest absolute Gasteiger partial charge is 0.161 e. The van der Waals surface area contributed by atoms with Crippen LogP contribution in [0.1, 0.15) is 31.9 Å². The van der Waals surface area contributed by atoms with Gasteiger partial charge in [-0.3, -0.25) is 0 Å². The van der Waals surface area contributed by atoms with E-state index in [0.717, 1.165) is 11.3 Å². The third-order valence-electron chi connectivity index (χ3n) is 3.35. The molecule has 0 saturated heterocycles. The highest BCUT2D eigenvalue weighted by molar-refractivity contribution is 7.91. The standard InChI is InChI=1S/C15H23NO4S/c1-3-9-21(17,18)11-13(16-4-2)12-5-6-14-15(10-12)20-8-7-19-14/h5-6,10,13,16H,3-4,7-9,11H2,1-2H3. The Balaban J connectivity index is 2.21. The quantitative estimate of drug-likeness (QED) is 0.833. The van der Waals surface area contributed by atoms with Gasteiger partial charge in [-0.1, -0.05) is 19.9 Å². The second-order valence-corrected chi connectivity index (χ2v) is 7.36. The fourth-order valence-corrected chi connectivity index (χ4v) is 4.05. The average Bonchev–Trinajstić information content (AvgIpc) is 2.46. The molecule has 1 unspecified atom stereocenters. The lowest BCUT2D eigenvalue weighted by atomic mass is 10.1. The number of sulfone groups is 1. The van der Waals surface area contributed by atoms with E-state index in [9.17, 15) is 8.42 Å². The number of fused-ring (bicyclic) bond motifs is 1. The van der Waals surface area contributed by atoms with Gasteiger partial charge in [-0.15, -0.1) is 0 Å². The highest BCUT2D eigenvalue weighted by atomic mass is 32.2. The first-order valence-corrected chi connectivity index (χ1v) is 9.21. The number of ether oxygens (including phenoxy) is 2. The third-order valence-corrected chi connectivity index (χ3v) is 5.23. The van der Waals surface area contributed by atoms with Gasteiger partial charge in [0.25, 0.3) is 0 Å². The molecule has 1 aliphatic heterocycles. The molecular formula is C15H23NO4S. The summed E-state index contributed by atoms with van der Waals surface area (Å²) < 4.78 is 35.2. The van der Waals surface area contributed by atoms with Crippen molar-refractivity contribution in [2.24, 2.45) is 0 Å². The topological polar surface area (TPSA) is 64.6 Å². The molecule has 0 aliphatic carbocycles. The largest absolute Gasteiger partial charge is 0.486 e. The van der Waals surface area contributed by atoms with Crippen LogP contribution in [-0.4, -0.2) is 39.7 Å². The van der Waals surface area contributed by atoms with Crippen molar-refractivity contribution < 1.29 is 17.9 Å². The summed E-state index contributed by atoms with van der Waals surface area (Å²) >= 11 is 0. The van der Waals surface area contributed by atoms with Gasteiger partial charge in [0.15, 0.2) is 21.3 Å². The Morgan fingerprint density at radius 3 is 2.57 bits per heavy atom. The fourth-order valence-electron chi connectivity index (χ4n) is 2.44. The monoisotopic (exact) mass is 313 g/mol. The molecule has 2 rings (SSSR count). The summed E-state index contributed by atoms with van der Waals surface area (Å²) in [4.78, 5) is 0. The first-order valence-electron chi connectivity index (χ1n) is 7.39. The Bertz CT molecular complexity index is 571. The second kappa shape index (κ2) is 7.13. The van der Waals surface area contributed by atoms with E-state index in [1.165, 1.54) is 0 Å². The molecule has 6 heteroatoms. The molecule has 0 aromatic heterocycles. The van der Waals surface area contributed by atoms with E-state index in [-0.39, 0.29) is 17.5 Å². The van der Waals surface area contributed by atoms with Crippen LogP contribution in [0.25, 0.3) is 0 Å². The zero-order valence-corrected chi connectivity index (χ0v) is 13.4. The van der Waals surface area contributed by atoms with Crippen LogP contribution in [0.15, 0.2) is 18.2 Å². The van der Waals surface area contributed by atoms with E-state index in [0.29, 0.717) is 31.9 Å². The van der Waals surface area contributed by atoms with Gasteiger partial charge in [-0.25, -0.2) is 8.42 Å². The van der Waals surface area contributed by atoms with Crippen molar-refractivity contribution >= 4 is 9.84 Å². The maximum atomic E-state index is 12.1. The summed E-state index contributed by atoms with van der Waals surface area (Å²) in [7, 11) is -3.06. The van der Waals surface area contributed by atoms with Gasteiger partial charge in [0.05, 0.1) is 5.75 Å². The Labute approximate surface area is 126 Å². The van der Waals surface area contributed by atoms with Crippen molar-refractivity contribution in [2.45, 2.75) is 26.3 Å². The van der Waals surface area contributed by atoms with Gasteiger partial charge in [0, 0.05) is 11.8 Å².